The molecule has 1 saturated heterocycles. The van der Waals surface area contributed by atoms with Gasteiger partial charge in [0, 0.05) is 13.1 Å². The number of nitrogens with one attached hydrogen (secondary N) is 1. The fraction of sp³-hybridized carbons (Fsp3) is 0.929. The van der Waals surface area contributed by atoms with Crippen molar-refractivity contribution in [2.75, 3.05) is 33.3 Å². The molecule has 1 aliphatic heterocycles. The van der Waals surface area contributed by atoms with Crippen molar-refractivity contribution in [1.29, 1.82) is 0 Å². The van der Waals surface area contributed by atoms with Gasteiger partial charge in [0.05, 0.1) is 7.11 Å². The van der Waals surface area contributed by atoms with E-state index in [1.54, 1.807) is 0 Å². The molecule has 1 N–H and O–H groups in total. The third kappa shape index (κ3) is 4.94. The quantitative estimate of drug-likeness (QED) is 0.671. The lowest BCUT2D eigenvalue weighted by Crippen LogP contribution is -2.40. The van der Waals surface area contributed by atoms with Crippen LogP contribution in [0.5, 0.6) is 0 Å². The van der Waals surface area contributed by atoms with Gasteiger partial charge < -0.3 is 15.0 Å². The molecule has 0 aromatic carbocycles. The number of methoxy groups -OCH3 is 1. The van der Waals surface area contributed by atoms with E-state index >= 15 is 0 Å². The van der Waals surface area contributed by atoms with E-state index in [0.29, 0.717) is 5.92 Å². The van der Waals surface area contributed by atoms with E-state index in [4.69, 9.17) is 4.74 Å². The van der Waals surface area contributed by atoms with Gasteiger partial charge in [0.15, 0.2) is 0 Å². The molecule has 0 spiro atoms. The van der Waals surface area contributed by atoms with Gasteiger partial charge in [-0.2, -0.15) is 0 Å². The van der Waals surface area contributed by atoms with Crippen molar-refractivity contribution in [2.45, 2.75) is 45.6 Å². The van der Waals surface area contributed by atoms with Crippen LogP contribution in [-0.4, -0.2) is 50.2 Å². The number of nitrogens with zero attached hydrogens (tertiary/aromatic N) is 1. The Morgan fingerprint density at radius 3 is 2.83 bits per heavy atom. The maximum Gasteiger partial charge on any atom is 0.322 e. The van der Waals surface area contributed by atoms with Gasteiger partial charge in [-0.15, -0.1) is 0 Å². The summed E-state index contributed by atoms with van der Waals surface area (Å²) in [5, 5.41) is 3.39. The first-order valence-electron chi connectivity index (χ1n) is 7.24. The van der Waals surface area contributed by atoms with E-state index in [2.05, 4.69) is 24.1 Å². The van der Waals surface area contributed by atoms with Crippen LogP contribution in [0, 0.1) is 5.92 Å². The van der Waals surface area contributed by atoms with Gasteiger partial charge in [0.25, 0.3) is 0 Å². The molecule has 0 aliphatic carbocycles. The topological polar surface area (TPSA) is 41.6 Å². The predicted octanol–water partition coefficient (Wildman–Crippen LogP) is 1.65. The minimum atomic E-state index is -0.120. The second kappa shape index (κ2) is 8.48. The zero-order valence-corrected chi connectivity index (χ0v) is 12.1. The molecule has 1 fully saturated rings. The number of ether oxygens (including phenoxy) is 1. The summed E-state index contributed by atoms with van der Waals surface area (Å²) < 4.78 is 4.86. The minimum absolute atomic E-state index is 0.117. The Labute approximate surface area is 111 Å². The summed E-state index contributed by atoms with van der Waals surface area (Å²) >= 11 is 0. The third-order valence-corrected chi connectivity index (χ3v) is 3.80. The van der Waals surface area contributed by atoms with Crippen molar-refractivity contribution in [3.05, 3.63) is 0 Å². The molecule has 18 heavy (non-hydrogen) atoms. The van der Waals surface area contributed by atoms with Crippen molar-refractivity contribution in [1.82, 2.24) is 10.2 Å². The molecule has 1 heterocycles. The molecular weight excluding hydrogens is 228 g/mol. The van der Waals surface area contributed by atoms with Gasteiger partial charge >= 0.3 is 5.97 Å². The van der Waals surface area contributed by atoms with E-state index < -0.39 is 0 Å². The lowest BCUT2D eigenvalue weighted by molar-refractivity contribution is -0.143. The van der Waals surface area contributed by atoms with Crippen LogP contribution in [0.15, 0.2) is 0 Å². The minimum Gasteiger partial charge on any atom is -0.468 e. The number of rotatable bonds is 8. The molecule has 4 heteroatoms. The fourth-order valence-electron chi connectivity index (χ4n) is 2.53. The van der Waals surface area contributed by atoms with Crippen LogP contribution >= 0.6 is 0 Å². The number of hydrogen-bond donors (Lipinski definition) is 1. The van der Waals surface area contributed by atoms with Crippen molar-refractivity contribution in [2.24, 2.45) is 5.92 Å². The monoisotopic (exact) mass is 256 g/mol. The van der Waals surface area contributed by atoms with E-state index in [0.717, 1.165) is 38.9 Å². The van der Waals surface area contributed by atoms with Crippen LogP contribution < -0.4 is 5.32 Å². The molecule has 106 valence electrons. The van der Waals surface area contributed by atoms with E-state index in [-0.39, 0.29) is 12.0 Å². The van der Waals surface area contributed by atoms with Crippen molar-refractivity contribution < 1.29 is 9.53 Å². The smallest absolute Gasteiger partial charge is 0.322 e. The number of carbonyl (C=O) groups is 1. The molecule has 1 aliphatic rings. The largest absolute Gasteiger partial charge is 0.468 e. The van der Waals surface area contributed by atoms with Crippen LogP contribution in [0.4, 0.5) is 0 Å². The Balaban J connectivity index is 2.30. The van der Waals surface area contributed by atoms with Crippen molar-refractivity contribution in [3.8, 4) is 0 Å². The summed E-state index contributed by atoms with van der Waals surface area (Å²) in [5.74, 6) is 0.563. The standard InChI is InChI=1S/C14H28N2O2/c1-4-6-7-13(14(17)18-3)15-10-12-8-9-16(5-2)11-12/h12-13,15H,4-11H2,1-3H3. The number of carbonyl (C=O) groups excluding carboxylic acids is 1. The second-order valence-corrected chi connectivity index (χ2v) is 5.17. The Bertz CT molecular complexity index is 246. The Morgan fingerprint density at radius 2 is 2.28 bits per heavy atom. The fourth-order valence-corrected chi connectivity index (χ4v) is 2.53. The first-order chi connectivity index (χ1) is 8.71. The second-order valence-electron chi connectivity index (χ2n) is 5.17. The van der Waals surface area contributed by atoms with E-state index in [1.165, 1.54) is 20.1 Å². The molecule has 0 saturated carbocycles. The van der Waals surface area contributed by atoms with Crippen LogP contribution in [0.25, 0.3) is 0 Å². The Kier molecular flexibility index (Phi) is 7.28. The van der Waals surface area contributed by atoms with Gasteiger partial charge in [0.2, 0.25) is 0 Å². The Morgan fingerprint density at radius 1 is 1.50 bits per heavy atom. The van der Waals surface area contributed by atoms with E-state index in [1.807, 2.05) is 0 Å². The predicted molar refractivity (Wildman–Crippen MR) is 73.6 cm³/mol. The average Bonchev–Trinajstić information content (AvgIpc) is 2.86. The highest BCUT2D eigenvalue weighted by molar-refractivity contribution is 5.75. The van der Waals surface area contributed by atoms with Crippen molar-refractivity contribution in [3.63, 3.8) is 0 Å². The summed E-state index contributed by atoms with van der Waals surface area (Å²) in [6, 6.07) is -0.120. The lowest BCUT2D eigenvalue weighted by atomic mass is 10.1. The van der Waals surface area contributed by atoms with Gasteiger partial charge in [-0.1, -0.05) is 26.7 Å². The molecule has 2 unspecified atom stereocenters. The first kappa shape index (κ1) is 15.4. The molecule has 4 nitrogen and oxygen atoms in total. The van der Waals surface area contributed by atoms with Crippen LogP contribution in [0.1, 0.15) is 39.5 Å². The molecule has 2 atom stereocenters. The van der Waals surface area contributed by atoms with Crippen LogP contribution in [0.3, 0.4) is 0 Å². The number of hydrogen-bond acceptors (Lipinski definition) is 4. The lowest BCUT2D eigenvalue weighted by Gasteiger charge is -2.19. The molecule has 0 bridgehead atoms. The van der Waals surface area contributed by atoms with Gasteiger partial charge in [-0.05, 0) is 31.8 Å². The molecule has 0 aromatic rings. The van der Waals surface area contributed by atoms with Gasteiger partial charge in [-0.25, -0.2) is 0 Å². The molecule has 0 radical (unpaired) electrons. The van der Waals surface area contributed by atoms with Gasteiger partial charge in [0.1, 0.15) is 6.04 Å². The average molecular weight is 256 g/mol. The SMILES string of the molecule is CCCCC(NCC1CCN(CC)C1)C(=O)OC. The molecule has 0 amide bonds. The maximum atomic E-state index is 11.6. The van der Waals surface area contributed by atoms with E-state index in [9.17, 15) is 4.79 Å². The first-order valence-corrected chi connectivity index (χ1v) is 7.24. The normalized spacial score (nSPS) is 22.1. The molecule has 1 rings (SSSR count). The summed E-state index contributed by atoms with van der Waals surface area (Å²) in [4.78, 5) is 14.1. The number of likely N-dealkylation sites (tertiary alicyclic amines) is 1. The highest BCUT2D eigenvalue weighted by atomic mass is 16.5. The zero-order valence-electron chi connectivity index (χ0n) is 12.1. The Hall–Kier alpha value is -0.610. The molecule has 0 aromatic heterocycles. The summed E-state index contributed by atoms with van der Waals surface area (Å²) in [6.07, 6.45) is 4.30. The highest BCUT2D eigenvalue weighted by Gasteiger charge is 2.24. The van der Waals surface area contributed by atoms with Crippen molar-refractivity contribution >= 4 is 5.97 Å². The maximum absolute atomic E-state index is 11.6. The molecular formula is C14H28N2O2. The summed E-state index contributed by atoms with van der Waals surface area (Å²) in [5.41, 5.74) is 0. The summed E-state index contributed by atoms with van der Waals surface area (Å²) in [7, 11) is 1.47. The number of unbranched alkanes of at least 4 members (excludes halogenated alkanes) is 1. The third-order valence-electron chi connectivity index (χ3n) is 3.80. The van der Waals surface area contributed by atoms with Crippen LogP contribution in [0.2, 0.25) is 0 Å². The highest BCUT2D eigenvalue weighted by Crippen LogP contribution is 2.15. The van der Waals surface area contributed by atoms with Crippen LogP contribution in [-0.2, 0) is 9.53 Å². The zero-order chi connectivity index (χ0) is 13.4. The van der Waals surface area contributed by atoms with Gasteiger partial charge in [-0.3, -0.25) is 4.79 Å². The number of esters is 1. The summed E-state index contributed by atoms with van der Waals surface area (Å²) in [6.45, 7) is 8.76.